The first-order valence-electron chi connectivity index (χ1n) is 8.69. The summed E-state index contributed by atoms with van der Waals surface area (Å²) in [5.41, 5.74) is 1.36. The summed E-state index contributed by atoms with van der Waals surface area (Å²) in [6.45, 7) is 5.90. The molecule has 0 spiro atoms. The van der Waals surface area contributed by atoms with Crippen LogP contribution in [0.2, 0.25) is 0 Å². The van der Waals surface area contributed by atoms with Crippen LogP contribution in [0.1, 0.15) is 35.0 Å². The lowest BCUT2D eigenvalue weighted by Crippen LogP contribution is -2.38. The molecule has 148 valence electrons. The number of amides is 1. The molecule has 0 unspecified atom stereocenters. The molecule has 2 rings (SSSR count). The largest absolute Gasteiger partial charge is 0.459 e. The van der Waals surface area contributed by atoms with Gasteiger partial charge in [0.15, 0.2) is 11.7 Å². The van der Waals surface area contributed by atoms with E-state index in [9.17, 15) is 9.18 Å². The second-order valence-corrected chi connectivity index (χ2v) is 5.76. The van der Waals surface area contributed by atoms with Crippen molar-refractivity contribution >= 4 is 35.8 Å². The second-order valence-electron chi connectivity index (χ2n) is 5.76. The molecule has 1 aromatic carbocycles. The Labute approximate surface area is 176 Å². The van der Waals surface area contributed by atoms with Crippen molar-refractivity contribution in [1.82, 2.24) is 16.0 Å². The number of guanidine groups is 1. The molecular formula is C19H26FIN4O2. The predicted molar refractivity (Wildman–Crippen MR) is 115 cm³/mol. The van der Waals surface area contributed by atoms with Gasteiger partial charge in [-0.15, -0.1) is 24.0 Å². The van der Waals surface area contributed by atoms with Crippen molar-refractivity contribution < 1.29 is 13.6 Å². The van der Waals surface area contributed by atoms with Crippen molar-refractivity contribution in [2.45, 2.75) is 26.8 Å². The number of nitrogens with zero attached hydrogens (tertiary/aromatic N) is 1. The zero-order valence-electron chi connectivity index (χ0n) is 15.5. The summed E-state index contributed by atoms with van der Waals surface area (Å²) in [4.78, 5) is 16.3. The first-order valence-corrected chi connectivity index (χ1v) is 8.69. The number of aliphatic imine (C=N–C) groups is 1. The highest BCUT2D eigenvalue weighted by Gasteiger charge is 2.11. The van der Waals surface area contributed by atoms with Crippen LogP contribution >= 0.6 is 24.0 Å². The second kappa shape index (κ2) is 12.3. The highest BCUT2D eigenvalue weighted by atomic mass is 127. The van der Waals surface area contributed by atoms with E-state index in [0.717, 1.165) is 12.0 Å². The Bertz CT molecular complexity index is 749. The number of benzene rings is 1. The van der Waals surface area contributed by atoms with Crippen molar-refractivity contribution in [3.63, 3.8) is 0 Å². The molecule has 0 saturated carbocycles. The maximum absolute atomic E-state index is 13.6. The van der Waals surface area contributed by atoms with Gasteiger partial charge in [-0.25, -0.2) is 9.38 Å². The van der Waals surface area contributed by atoms with E-state index >= 15 is 0 Å². The van der Waals surface area contributed by atoms with Gasteiger partial charge in [-0.1, -0.05) is 18.2 Å². The standard InChI is InChI=1S/C19H25FN4O2.HI/c1-3-21-19(24-13-15-7-4-5-8-16(15)20)23-11-6-10-22-18(25)17-14(2)9-12-26-17;/h4-5,7-9,12H,3,6,10-11,13H2,1-2H3,(H,22,25)(H2,21,23,24);1H. The number of halogens is 2. The van der Waals surface area contributed by atoms with Gasteiger partial charge in [-0.05, 0) is 32.4 Å². The van der Waals surface area contributed by atoms with Crippen LogP contribution in [0, 0.1) is 12.7 Å². The summed E-state index contributed by atoms with van der Waals surface area (Å²) in [6.07, 6.45) is 2.22. The van der Waals surface area contributed by atoms with Gasteiger partial charge in [-0.2, -0.15) is 0 Å². The fourth-order valence-corrected chi connectivity index (χ4v) is 2.32. The molecular weight excluding hydrogens is 462 g/mol. The molecule has 2 aromatic rings. The number of hydrogen-bond donors (Lipinski definition) is 3. The minimum absolute atomic E-state index is 0. The first-order chi connectivity index (χ1) is 12.6. The van der Waals surface area contributed by atoms with Crippen molar-refractivity contribution in [3.05, 3.63) is 59.3 Å². The molecule has 1 heterocycles. The quantitative estimate of drug-likeness (QED) is 0.231. The number of carbonyl (C=O) groups excluding carboxylic acids is 1. The third-order valence-electron chi connectivity index (χ3n) is 3.71. The zero-order chi connectivity index (χ0) is 18.8. The van der Waals surface area contributed by atoms with E-state index in [4.69, 9.17) is 4.42 Å². The highest BCUT2D eigenvalue weighted by Crippen LogP contribution is 2.08. The molecule has 0 aliphatic heterocycles. The maximum Gasteiger partial charge on any atom is 0.287 e. The molecule has 0 radical (unpaired) electrons. The lowest BCUT2D eigenvalue weighted by molar-refractivity contribution is 0.0925. The third kappa shape index (κ3) is 7.58. The topological polar surface area (TPSA) is 78.7 Å². The molecule has 27 heavy (non-hydrogen) atoms. The van der Waals surface area contributed by atoms with Gasteiger partial charge < -0.3 is 20.4 Å². The Morgan fingerprint density at radius 1 is 1.15 bits per heavy atom. The molecule has 6 nitrogen and oxygen atoms in total. The third-order valence-corrected chi connectivity index (χ3v) is 3.71. The first kappa shape index (κ1) is 22.9. The van der Waals surface area contributed by atoms with Gasteiger partial charge in [0.2, 0.25) is 0 Å². The molecule has 0 bridgehead atoms. The number of aryl methyl sites for hydroxylation is 1. The van der Waals surface area contributed by atoms with Crippen LogP contribution in [0.3, 0.4) is 0 Å². The summed E-state index contributed by atoms with van der Waals surface area (Å²) in [7, 11) is 0. The Morgan fingerprint density at radius 3 is 2.56 bits per heavy atom. The maximum atomic E-state index is 13.6. The summed E-state index contributed by atoms with van der Waals surface area (Å²) in [5.74, 6) is 0.484. The van der Waals surface area contributed by atoms with Crippen LogP contribution in [-0.4, -0.2) is 31.5 Å². The average molecular weight is 488 g/mol. The molecule has 0 fully saturated rings. The van der Waals surface area contributed by atoms with Gasteiger partial charge in [0.05, 0.1) is 12.8 Å². The van der Waals surface area contributed by atoms with Crippen molar-refractivity contribution in [1.29, 1.82) is 0 Å². The molecule has 1 amide bonds. The fourth-order valence-electron chi connectivity index (χ4n) is 2.32. The van der Waals surface area contributed by atoms with Crippen LogP contribution in [0.15, 0.2) is 46.0 Å². The number of hydrogen-bond acceptors (Lipinski definition) is 3. The summed E-state index contributed by atoms with van der Waals surface area (Å²) in [6, 6.07) is 8.34. The van der Waals surface area contributed by atoms with Gasteiger partial charge in [-0.3, -0.25) is 4.79 Å². The molecule has 1 aromatic heterocycles. The van der Waals surface area contributed by atoms with E-state index in [1.54, 1.807) is 24.3 Å². The van der Waals surface area contributed by atoms with Gasteiger partial charge in [0, 0.05) is 30.8 Å². The van der Waals surface area contributed by atoms with Gasteiger partial charge in [0.1, 0.15) is 5.82 Å². The summed E-state index contributed by atoms with van der Waals surface area (Å²) >= 11 is 0. The lowest BCUT2D eigenvalue weighted by atomic mass is 10.2. The summed E-state index contributed by atoms with van der Waals surface area (Å²) < 4.78 is 18.8. The number of nitrogens with one attached hydrogen (secondary N) is 3. The monoisotopic (exact) mass is 488 g/mol. The van der Waals surface area contributed by atoms with Crippen molar-refractivity contribution in [3.8, 4) is 0 Å². The molecule has 8 heteroatoms. The Kier molecular flexibility index (Phi) is 10.5. The van der Waals surface area contributed by atoms with Crippen LogP contribution < -0.4 is 16.0 Å². The van der Waals surface area contributed by atoms with E-state index in [1.165, 1.54) is 12.3 Å². The minimum Gasteiger partial charge on any atom is -0.459 e. The van der Waals surface area contributed by atoms with Crippen LogP contribution in [0.5, 0.6) is 0 Å². The molecule has 0 atom stereocenters. The molecule has 0 aliphatic rings. The van der Waals surface area contributed by atoms with E-state index in [1.807, 2.05) is 13.8 Å². The number of carbonyl (C=O) groups is 1. The van der Waals surface area contributed by atoms with Crippen LogP contribution in [0.4, 0.5) is 4.39 Å². The van der Waals surface area contributed by atoms with E-state index < -0.39 is 0 Å². The Hall–Kier alpha value is -2.10. The zero-order valence-corrected chi connectivity index (χ0v) is 17.9. The van der Waals surface area contributed by atoms with E-state index in [2.05, 4.69) is 20.9 Å². The highest BCUT2D eigenvalue weighted by molar-refractivity contribution is 14.0. The normalized spacial score (nSPS) is 10.9. The predicted octanol–water partition coefficient (Wildman–Crippen LogP) is 3.22. The van der Waals surface area contributed by atoms with E-state index in [-0.39, 0.29) is 42.2 Å². The van der Waals surface area contributed by atoms with E-state index in [0.29, 0.717) is 36.9 Å². The number of rotatable bonds is 8. The Balaban J connectivity index is 0.00000364. The van der Waals surface area contributed by atoms with Crippen molar-refractivity contribution in [2.75, 3.05) is 19.6 Å². The van der Waals surface area contributed by atoms with Crippen LogP contribution in [0.25, 0.3) is 0 Å². The van der Waals surface area contributed by atoms with Crippen LogP contribution in [-0.2, 0) is 6.54 Å². The molecule has 0 saturated heterocycles. The summed E-state index contributed by atoms with van der Waals surface area (Å²) in [5, 5.41) is 9.10. The molecule has 0 aliphatic carbocycles. The SMILES string of the molecule is CCNC(=NCc1ccccc1F)NCCCNC(=O)c1occc1C.I. The van der Waals surface area contributed by atoms with Gasteiger partial charge >= 0.3 is 0 Å². The van der Waals surface area contributed by atoms with Gasteiger partial charge in [0.25, 0.3) is 5.91 Å². The lowest BCUT2D eigenvalue weighted by Gasteiger charge is -2.11. The molecule has 3 N–H and O–H groups in total. The smallest absolute Gasteiger partial charge is 0.287 e. The Morgan fingerprint density at radius 2 is 1.89 bits per heavy atom. The average Bonchev–Trinajstić information content (AvgIpc) is 3.06. The van der Waals surface area contributed by atoms with Crippen molar-refractivity contribution in [2.24, 2.45) is 4.99 Å². The number of furan rings is 1. The fraction of sp³-hybridized carbons (Fsp3) is 0.368. The minimum atomic E-state index is -0.261.